The molecule has 3 N–H and O–H groups in total. The molecule has 0 atom stereocenters. The van der Waals surface area contributed by atoms with Gasteiger partial charge in [0.1, 0.15) is 5.82 Å². The van der Waals surface area contributed by atoms with E-state index in [1.54, 1.807) is 0 Å². The number of carbonyl (C=O) groups is 1. The van der Waals surface area contributed by atoms with Gasteiger partial charge in [0.25, 0.3) is 5.56 Å². The van der Waals surface area contributed by atoms with Crippen LogP contribution in [0.25, 0.3) is 0 Å². The number of benzene rings is 2. The van der Waals surface area contributed by atoms with Gasteiger partial charge in [0.05, 0.1) is 13.1 Å². The van der Waals surface area contributed by atoms with E-state index in [0.717, 1.165) is 24.0 Å². The van der Waals surface area contributed by atoms with Gasteiger partial charge in [0, 0.05) is 19.1 Å². The normalized spacial score (nSPS) is 13.4. The molecule has 36 heavy (non-hydrogen) atoms. The molecule has 0 saturated heterocycles. The van der Waals surface area contributed by atoms with Crippen LogP contribution in [0.3, 0.4) is 0 Å². The first-order chi connectivity index (χ1) is 17.2. The Morgan fingerprint density at radius 1 is 1.06 bits per heavy atom. The van der Waals surface area contributed by atoms with Crippen LogP contribution in [0.1, 0.15) is 43.4 Å². The zero-order valence-corrected chi connectivity index (χ0v) is 21.2. The minimum Gasteiger partial charge on any atom is -0.383 e. The van der Waals surface area contributed by atoms with Gasteiger partial charge in [-0.05, 0) is 36.8 Å². The molecule has 0 spiro atoms. The highest BCUT2D eigenvalue weighted by atomic mass is 16.2. The summed E-state index contributed by atoms with van der Waals surface area (Å²) in [5.74, 6) is -0.114. The smallest absolute Gasteiger partial charge is 0.330 e. The van der Waals surface area contributed by atoms with Gasteiger partial charge in [0.2, 0.25) is 5.91 Å². The standard InChI is InChI=1S/C28H35N5O3/c1-19(2)15-32(24(34)18-31(23-13-14-23)16-22-11-9-20(3)10-12-22)25-26(29)33(28(36)30-27(25)35)17-21-7-5-4-6-8-21/h4-12,19,23H,13-18,29H2,1-3H3,(H,30,35,36). The van der Waals surface area contributed by atoms with Crippen molar-refractivity contribution < 1.29 is 4.79 Å². The Hall–Kier alpha value is -3.65. The van der Waals surface area contributed by atoms with E-state index < -0.39 is 11.2 Å². The van der Waals surface area contributed by atoms with E-state index in [1.165, 1.54) is 15.0 Å². The fourth-order valence-electron chi connectivity index (χ4n) is 4.39. The molecule has 1 aromatic heterocycles. The maximum Gasteiger partial charge on any atom is 0.330 e. The summed E-state index contributed by atoms with van der Waals surface area (Å²) < 4.78 is 1.32. The SMILES string of the molecule is Cc1ccc(CN(CC(=O)N(CC(C)C)c2c(N)n(Cc3ccccc3)c(=O)[nH]c2=O)C2CC2)cc1. The lowest BCUT2D eigenvalue weighted by Gasteiger charge is -2.29. The molecule has 1 aliphatic rings. The topological polar surface area (TPSA) is 104 Å². The van der Waals surface area contributed by atoms with Gasteiger partial charge >= 0.3 is 5.69 Å². The zero-order valence-electron chi connectivity index (χ0n) is 21.2. The van der Waals surface area contributed by atoms with Crippen LogP contribution in [0.4, 0.5) is 11.5 Å². The monoisotopic (exact) mass is 489 g/mol. The van der Waals surface area contributed by atoms with Crippen LogP contribution in [-0.4, -0.2) is 39.5 Å². The predicted octanol–water partition coefficient (Wildman–Crippen LogP) is 3.13. The maximum absolute atomic E-state index is 13.7. The van der Waals surface area contributed by atoms with Crippen LogP contribution < -0.4 is 21.9 Å². The van der Waals surface area contributed by atoms with Crippen molar-refractivity contribution in [2.45, 2.75) is 52.7 Å². The van der Waals surface area contributed by atoms with Crippen molar-refractivity contribution in [3.05, 3.63) is 92.1 Å². The maximum atomic E-state index is 13.7. The highest BCUT2D eigenvalue weighted by molar-refractivity contribution is 5.97. The molecule has 0 unspecified atom stereocenters. The third-order valence-electron chi connectivity index (χ3n) is 6.42. The van der Waals surface area contributed by atoms with Crippen LogP contribution in [0, 0.1) is 12.8 Å². The summed E-state index contributed by atoms with van der Waals surface area (Å²) in [5, 5.41) is 0. The molecule has 3 aromatic rings. The largest absolute Gasteiger partial charge is 0.383 e. The summed E-state index contributed by atoms with van der Waals surface area (Å²) in [7, 11) is 0. The Morgan fingerprint density at radius 2 is 1.72 bits per heavy atom. The summed E-state index contributed by atoms with van der Waals surface area (Å²) >= 11 is 0. The van der Waals surface area contributed by atoms with Crippen molar-refractivity contribution in [3.63, 3.8) is 0 Å². The lowest BCUT2D eigenvalue weighted by atomic mass is 10.1. The van der Waals surface area contributed by atoms with E-state index in [0.29, 0.717) is 19.1 Å². The number of aromatic amines is 1. The number of carbonyl (C=O) groups excluding carboxylic acids is 1. The van der Waals surface area contributed by atoms with Gasteiger partial charge < -0.3 is 10.6 Å². The molecule has 8 heteroatoms. The van der Waals surface area contributed by atoms with Crippen LogP contribution in [0.15, 0.2) is 64.2 Å². The number of nitrogen functional groups attached to an aromatic ring is 1. The van der Waals surface area contributed by atoms with Gasteiger partial charge in [-0.3, -0.25) is 24.0 Å². The molecule has 4 rings (SSSR count). The molecule has 1 amide bonds. The fourth-order valence-corrected chi connectivity index (χ4v) is 4.39. The van der Waals surface area contributed by atoms with Crippen LogP contribution in [-0.2, 0) is 17.9 Å². The Morgan fingerprint density at radius 3 is 2.33 bits per heavy atom. The lowest BCUT2D eigenvalue weighted by Crippen LogP contribution is -2.46. The van der Waals surface area contributed by atoms with Gasteiger partial charge in [-0.15, -0.1) is 0 Å². The molecule has 0 aliphatic heterocycles. The highest BCUT2D eigenvalue weighted by Crippen LogP contribution is 2.29. The number of amides is 1. The van der Waals surface area contributed by atoms with E-state index in [1.807, 2.05) is 44.2 Å². The Balaban J connectivity index is 1.65. The van der Waals surface area contributed by atoms with E-state index in [-0.39, 0.29) is 36.4 Å². The first kappa shape index (κ1) is 25.4. The molecule has 8 nitrogen and oxygen atoms in total. The lowest BCUT2D eigenvalue weighted by molar-refractivity contribution is -0.120. The van der Waals surface area contributed by atoms with Gasteiger partial charge in [-0.1, -0.05) is 74.0 Å². The second kappa shape index (κ2) is 11.0. The van der Waals surface area contributed by atoms with Crippen molar-refractivity contribution in [1.29, 1.82) is 0 Å². The summed E-state index contributed by atoms with van der Waals surface area (Å²) in [4.78, 5) is 45.4. The van der Waals surface area contributed by atoms with Crippen LogP contribution in [0.2, 0.25) is 0 Å². The molecule has 190 valence electrons. The molecular weight excluding hydrogens is 454 g/mol. The first-order valence-corrected chi connectivity index (χ1v) is 12.5. The van der Waals surface area contributed by atoms with E-state index in [2.05, 4.69) is 41.1 Å². The van der Waals surface area contributed by atoms with Gasteiger partial charge in [-0.25, -0.2) is 4.79 Å². The molecule has 1 saturated carbocycles. The summed E-state index contributed by atoms with van der Waals surface area (Å²) in [6.45, 7) is 7.35. The Kier molecular flexibility index (Phi) is 7.74. The van der Waals surface area contributed by atoms with Gasteiger partial charge in [-0.2, -0.15) is 0 Å². The molecule has 1 fully saturated rings. The third kappa shape index (κ3) is 6.12. The number of hydrogen-bond acceptors (Lipinski definition) is 5. The molecule has 1 aliphatic carbocycles. The average molecular weight is 490 g/mol. The second-order valence-corrected chi connectivity index (χ2v) is 10.1. The summed E-state index contributed by atoms with van der Waals surface area (Å²) in [6, 6.07) is 18.1. The van der Waals surface area contributed by atoms with Crippen molar-refractivity contribution in [3.8, 4) is 0 Å². The van der Waals surface area contributed by atoms with E-state index in [4.69, 9.17) is 5.73 Å². The number of nitrogens with one attached hydrogen (secondary N) is 1. The number of aryl methyl sites for hydroxylation is 1. The van der Waals surface area contributed by atoms with E-state index in [9.17, 15) is 14.4 Å². The quantitative estimate of drug-likeness (QED) is 0.455. The number of hydrogen-bond donors (Lipinski definition) is 2. The molecule has 1 heterocycles. The molecule has 0 radical (unpaired) electrons. The van der Waals surface area contributed by atoms with Crippen molar-refractivity contribution in [2.24, 2.45) is 5.92 Å². The Bertz CT molecular complexity index is 1310. The number of H-pyrrole nitrogens is 1. The minimum atomic E-state index is -0.646. The zero-order chi connectivity index (χ0) is 25.8. The Labute approximate surface area is 211 Å². The number of nitrogens with two attached hydrogens (primary N) is 1. The molecule has 0 bridgehead atoms. The van der Waals surface area contributed by atoms with Crippen LogP contribution >= 0.6 is 0 Å². The molecule has 2 aromatic carbocycles. The number of anilines is 2. The first-order valence-electron chi connectivity index (χ1n) is 12.5. The minimum absolute atomic E-state index is 0.00175. The summed E-state index contributed by atoms with van der Waals surface area (Å²) in [5.41, 5.74) is 8.42. The third-order valence-corrected chi connectivity index (χ3v) is 6.42. The van der Waals surface area contributed by atoms with Crippen molar-refractivity contribution in [1.82, 2.24) is 14.5 Å². The number of rotatable bonds is 10. The van der Waals surface area contributed by atoms with Crippen LogP contribution in [0.5, 0.6) is 0 Å². The van der Waals surface area contributed by atoms with Crippen molar-refractivity contribution >= 4 is 17.4 Å². The summed E-state index contributed by atoms with van der Waals surface area (Å²) in [6.07, 6.45) is 2.10. The van der Waals surface area contributed by atoms with E-state index >= 15 is 0 Å². The van der Waals surface area contributed by atoms with Crippen molar-refractivity contribution in [2.75, 3.05) is 23.7 Å². The number of nitrogens with zero attached hydrogens (tertiary/aromatic N) is 3. The molecular formula is C28H35N5O3. The van der Waals surface area contributed by atoms with Gasteiger partial charge in [0.15, 0.2) is 5.69 Å². The fraction of sp³-hybridized carbons (Fsp3) is 0.393. The highest BCUT2D eigenvalue weighted by Gasteiger charge is 2.33. The number of aromatic nitrogens is 2. The second-order valence-electron chi connectivity index (χ2n) is 10.1. The predicted molar refractivity (Wildman–Crippen MR) is 143 cm³/mol. The average Bonchev–Trinajstić information content (AvgIpc) is 3.68.